The molecule has 4 aromatic rings. The van der Waals surface area contributed by atoms with E-state index in [0.29, 0.717) is 11.4 Å². The van der Waals surface area contributed by atoms with Crippen LogP contribution in [-0.2, 0) is 0 Å². The molecule has 26 heavy (non-hydrogen) atoms. The van der Waals surface area contributed by atoms with E-state index in [1.807, 2.05) is 36.4 Å². The molecule has 0 atom stereocenters. The number of rotatable bonds is 3. The first-order valence-electron chi connectivity index (χ1n) is 8.23. The quantitative estimate of drug-likeness (QED) is 0.428. The number of nitrogens with zero attached hydrogens (tertiary/aromatic N) is 2. The Morgan fingerprint density at radius 2 is 1.31 bits per heavy atom. The standard InChI is InChI=1S/C22H16N2O2/c25-20-10-4-3-9-19(20)23-24-22-18(8-5-11-21(22)26)17-13-12-15-6-1-2-7-16(15)14-17/h1-14,25-26H. The van der Waals surface area contributed by atoms with Crippen LogP contribution in [0.1, 0.15) is 0 Å². The van der Waals surface area contributed by atoms with Crippen molar-refractivity contribution in [3.63, 3.8) is 0 Å². The Balaban J connectivity index is 1.82. The molecule has 2 N–H and O–H groups in total. The third-order valence-corrected chi connectivity index (χ3v) is 4.21. The summed E-state index contributed by atoms with van der Waals surface area (Å²) in [5.74, 6) is 0.0776. The lowest BCUT2D eigenvalue weighted by Crippen LogP contribution is -1.81. The SMILES string of the molecule is Oc1ccccc1N=Nc1c(O)cccc1-c1ccc2ccccc2c1. The van der Waals surface area contributed by atoms with E-state index in [0.717, 1.165) is 21.9 Å². The Morgan fingerprint density at radius 3 is 2.15 bits per heavy atom. The molecule has 0 bridgehead atoms. The maximum Gasteiger partial charge on any atom is 0.143 e. The van der Waals surface area contributed by atoms with E-state index in [-0.39, 0.29) is 11.5 Å². The number of para-hydroxylation sites is 1. The summed E-state index contributed by atoms with van der Waals surface area (Å²) >= 11 is 0. The lowest BCUT2D eigenvalue weighted by molar-refractivity contribution is 0.474. The summed E-state index contributed by atoms with van der Waals surface area (Å²) in [4.78, 5) is 0. The summed E-state index contributed by atoms with van der Waals surface area (Å²) < 4.78 is 0. The number of fused-ring (bicyclic) bond motifs is 1. The van der Waals surface area contributed by atoms with Crippen LogP contribution in [-0.4, -0.2) is 10.2 Å². The maximum atomic E-state index is 10.3. The third kappa shape index (κ3) is 3.00. The predicted octanol–water partition coefficient (Wildman–Crippen LogP) is 6.33. The molecule has 0 amide bonds. The van der Waals surface area contributed by atoms with E-state index < -0.39 is 0 Å². The highest BCUT2D eigenvalue weighted by atomic mass is 16.3. The monoisotopic (exact) mass is 340 g/mol. The van der Waals surface area contributed by atoms with Crippen LogP contribution in [0.2, 0.25) is 0 Å². The summed E-state index contributed by atoms with van der Waals surface area (Å²) in [6, 6.07) is 26.1. The topological polar surface area (TPSA) is 65.2 Å². The van der Waals surface area contributed by atoms with Crippen LogP contribution in [0.15, 0.2) is 95.2 Å². The smallest absolute Gasteiger partial charge is 0.143 e. The van der Waals surface area contributed by atoms with Crippen LogP contribution >= 0.6 is 0 Å². The van der Waals surface area contributed by atoms with Crippen molar-refractivity contribution in [1.29, 1.82) is 0 Å². The van der Waals surface area contributed by atoms with Crippen molar-refractivity contribution in [3.05, 3.63) is 84.9 Å². The number of phenols is 2. The summed E-state index contributed by atoms with van der Waals surface area (Å²) in [6.07, 6.45) is 0. The first kappa shape index (κ1) is 15.8. The number of hydrogen-bond donors (Lipinski definition) is 2. The molecule has 0 saturated carbocycles. The molecule has 0 aromatic heterocycles. The van der Waals surface area contributed by atoms with Gasteiger partial charge in [0.05, 0.1) is 0 Å². The normalized spacial score (nSPS) is 11.2. The highest BCUT2D eigenvalue weighted by molar-refractivity contribution is 5.90. The van der Waals surface area contributed by atoms with Gasteiger partial charge < -0.3 is 10.2 Å². The molecule has 0 aliphatic heterocycles. The van der Waals surface area contributed by atoms with Crippen LogP contribution in [0.4, 0.5) is 11.4 Å². The van der Waals surface area contributed by atoms with Gasteiger partial charge in [-0.15, -0.1) is 10.2 Å². The number of benzene rings is 4. The number of azo groups is 1. The number of phenolic OH excluding ortho intramolecular Hbond substituents is 2. The van der Waals surface area contributed by atoms with Gasteiger partial charge in [-0.3, -0.25) is 0 Å². The molecule has 0 unspecified atom stereocenters. The second-order valence-corrected chi connectivity index (χ2v) is 5.92. The van der Waals surface area contributed by atoms with Crippen molar-refractivity contribution < 1.29 is 10.2 Å². The van der Waals surface area contributed by atoms with Gasteiger partial charge in [0.1, 0.15) is 22.9 Å². The van der Waals surface area contributed by atoms with E-state index >= 15 is 0 Å². The first-order valence-corrected chi connectivity index (χ1v) is 8.23. The molecule has 0 saturated heterocycles. The number of aromatic hydroxyl groups is 2. The van der Waals surface area contributed by atoms with Crippen molar-refractivity contribution in [2.75, 3.05) is 0 Å². The lowest BCUT2D eigenvalue weighted by atomic mass is 10.00. The Morgan fingerprint density at radius 1 is 0.577 bits per heavy atom. The summed E-state index contributed by atoms with van der Waals surface area (Å²) in [7, 11) is 0. The molecule has 4 aromatic carbocycles. The fourth-order valence-electron chi connectivity index (χ4n) is 2.88. The van der Waals surface area contributed by atoms with Crippen LogP contribution in [0.25, 0.3) is 21.9 Å². The molecule has 4 rings (SSSR count). The largest absolute Gasteiger partial charge is 0.506 e. The second-order valence-electron chi connectivity index (χ2n) is 5.92. The summed E-state index contributed by atoms with van der Waals surface area (Å²) in [6.45, 7) is 0. The van der Waals surface area contributed by atoms with Gasteiger partial charge in [0.25, 0.3) is 0 Å². The molecular weight excluding hydrogens is 324 g/mol. The molecule has 0 spiro atoms. The van der Waals surface area contributed by atoms with Gasteiger partial charge in [-0.05, 0) is 40.6 Å². The fraction of sp³-hybridized carbons (Fsp3) is 0. The van der Waals surface area contributed by atoms with E-state index in [1.165, 1.54) is 0 Å². The zero-order chi connectivity index (χ0) is 17.9. The fourth-order valence-corrected chi connectivity index (χ4v) is 2.88. The molecule has 0 aliphatic rings. The molecule has 0 aliphatic carbocycles. The van der Waals surface area contributed by atoms with Gasteiger partial charge in [0.15, 0.2) is 0 Å². The van der Waals surface area contributed by atoms with Gasteiger partial charge >= 0.3 is 0 Å². The molecule has 0 heterocycles. The maximum absolute atomic E-state index is 10.3. The molecular formula is C22H16N2O2. The van der Waals surface area contributed by atoms with Crippen LogP contribution in [0.5, 0.6) is 11.5 Å². The van der Waals surface area contributed by atoms with Crippen molar-refractivity contribution in [1.82, 2.24) is 0 Å². The minimum Gasteiger partial charge on any atom is -0.506 e. The van der Waals surface area contributed by atoms with Gasteiger partial charge in [-0.2, -0.15) is 0 Å². The van der Waals surface area contributed by atoms with Gasteiger partial charge in [-0.1, -0.05) is 60.7 Å². The minimum atomic E-state index is 0.0369. The summed E-state index contributed by atoms with van der Waals surface area (Å²) in [5, 5.41) is 30.7. The molecule has 126 valence electrons. The molecule has 0 radical (unpaired) electrons. The van der Waals surface area contributed by atoms with Gasteiger partial charge in [0.2, 0.25) is 0 Å². The van der Waals surface area contributed by atoms with Gasteiger partial charge in [0, 0.05) is 5.56 Å². The highest BCUT2D eigenvalue weighted by Gasteiger charge is 2.10. The zero-order valence-electron chi connectivity index (χ0n) is 13.9. The van der Waals surface area contributed by atoms with E-state index in [9.17, 15) is 10.2 Å². The molecule has 4 heteroatoms. The van der Waals surface area contributed by atoms with Crippen molar-refractivity contribution in [2.24, 2.45) is 10.2 Å². The van der Waals surface area contributed by atoms with Crippen molar-refractivity contribution >= 4 is 22.1 Å². The highest BCUT2D eigenvalue weighted by Crippen LogP contribution is 2.40. The average molecular weight is 340 g/mol. The summed E-state index contributed by atoms with van der Waals surface area (Å²) in [5.41, 5.74) is 2.42. The zero-order valence-corrected chi connectivity index (χ0v) is 13.9. The van der Waals surface area contributed by atoms with Crippen LogP contribution in [0, 0.1) is 0 Å². The average Bonchev–Trinajstić information content (AvgIpc) is 2.67. The van der Waals surface area contributed by atoms with Crippen LogP contribution in [0.3, 0.4) is 0 Å². The molecule has 4 nitrogen and oxygen atoms in total. The van der Waals surface area contributed by atoms with Crippen molar-refractivity contribution in [3.8, 4) is 22.6 Å². The Hall–Kier alpha value is -3.66. The second kappa shape index (κ2) is 6.69. The van der Waals surface area contributed by atoms with E-state index in [2.05, 4.69) is 22.4 Å². The molecule has 0 fully saturated rings. The van der Waals surface area contributed by atoms with E-state index in [4.69, 9.17) is 0 Å². The van der Waals surface area contributed by atoms with E-state index in [1.54, 1.807) is 36.4 Å². The Labute approximate surface area is 150 Å². The Bertz CT molecular complexity index is 1120. The van der Waals surface area contributed by atoms with Crippen molar-refractivity contribution in [2.45, 2.75) is 0 Å². The van der Waals surface area contributed by atoms with Gasteiger partial charge in [-0.25, -0.2) is 0 Å². The minimum absolute atomic E-state index is 0.0369. The first-order chi connectivity index (χ1) is 12.7. The third-order valence-electron chi connectivity index (χ3n) is 4.21. The number of hydrogen-bond acceptors (Lipinski definition) is 4. The lowest BCUT2D eigenvalue weighted by Gasteiger charge is -2.08. The van der Waals surface area contributed by atoms with Crippen LogP contribution < -0.4 is 0 Å². The predicted molar refractivity (Wildman–Crippen MR) is 103 cm³/mol. The Kier molecular flexibility index (Phi) is 4.07.